The first-order valence-electron chi connectivity index (χ1n) is 6.83. The Morgan fingerprint density at radius 1 is 1.39 bits per heavy atom. The standard InChI is InChI=1S/C13H24N2O3/c1-2-14-8-7-12(16)15-9-3-4-11(10-15)5-6-13(17)18/h11,14H,2-10H2,1H3,(H,17,18). The Morgan fingerprint density at radius 3 is 2.83 bits per heavy atom. The van der Waals surface area contributed by atoms with E-state index in [1.807, 2.05) is 11.8 Å². The third-order valence-corrected chi connectivity index (χ3v) is 3.40. The first-order valence-corrected chi connectivity index (χ1v) is 6.83. The van der Waals surface area contributed by atoms with Gasteiger partial charge in [-0.1, -0.05) is 6.92 Å². The summed E-state index contributed by atoms with van der Waals surface area (Å²) in [5.41, 5.74) is 0. The smallest absolute Gasteiger partial charge is 0.303 e. The van der Waals surface area contributed by atoms with E-state index in [9.17, 15) is 9.59 Å². The van der Waals surface area contributed by atoms with Gasteiger partial charge in [-0.2, -0.15) is 0 Å². The van der Waals surface area contributed by atoms with Crippen molar-refractivity contribution >= 4 is 11.9 Å². The molecule has 2 N–H and O–H groups in total. The van der Waals surface area contributed by atoms with Crippen LogP contribution in [0.25, 0.3) is 0 Å². The van der Waals surface area contributed by atoms with Crippen molar-refractivity contribution in [2.75, 3.05) is 26.2 Å². The van der Waals surface area contributed by atoms with Crippen molar-refractivity contribution < 1.29 is 14.7 Å². The number of hydrogen-bond acceptors (Lipinski definition) is 3. The molecule has 1 aliphatic heterocycles. The molecule has 0 saturated carbocycles. The molecule has 104 valence electrons. The van der Waals surface area contributed by atoms with Gasteiger partial charge in [0.2, 0.25) is 5.91 Å². The molecule has 0 aromatic rings. The molecule has 1 unspecified atom stereocenters. The maximum absolute atomic E-state index is 11.9. The predicted octanol–water partition coefficient (Wildman–Crippen LogP) is 1.09. The van der Waals surface area contributed by atoms with E-state index in [0.717, 1.165) is 39.0 Å². The first kappa shape index (κ1) is 15.0. The van der Waals surface area contributed by atoms with Crippen LogP contribution >= 0.6 is 0 Å². The minimum atomic E-state index is -0.745. The fourth-order valence-corrected chi connectivity index (χ4v) is 2.39. The highest BCUT2D eigenvalue weighted by molar-refractivity contribution is 5.76. The van der Waals surface area contributed by atoms with Crippen LogP contribution in [-0.4, -0.2) is 48.1 Å². The monoisotopic (exact) mass is 256 g/mol. The first-order chi connectivity index (χ1) is 8.63. The summed E-state index contributed by atoms with van der Waals surface area (Å²) in [5.74, 6) is -0.195. The number of carboxylic acid groups (broad SMARTS) is 1. The van der Waals surface area contributed by atoms with Gasteiger partial charge in [-0.05, 0) is 31.7 Å². The lowest BCUT2D eigenvalue weighted by molar-refractivity contribution is -0.137. The summed E-state index contributed by atoms with van der Waals surface area (Å²) in [6, 6.07) is 0. The molecule has 0 aliphatic carbocycles. The van der Waals surface area contributed by atoms with E-state index in [0.29, 0.717) is 18.8 Å². The fraction of sp³-hybridized carbons (Fsp3) is 0.846. The number of piperidine rings is 1. The van der Waals surface area contributed by atoms with Gasteiger partial charge in [-0.3, -0.25) is 9.59 Å². The summed E-state index contributed by atoms with van der Waals surface area (Å²) < 4.78 is 0. The highest BCUT2D eigenvalue weighted by atomic mass is 16.4. The molecule has 0 radical (unpaired) electrons. The summed E-state index contributed by atoms with van der Waals surface area (Å²) in [4.78, 5) is 24.4. The Labute approximate surface area is 109 Å². The zero-order valence-electron chi connectivity index (χ0n) is 11.2. The average molecular weight is 256 g/mol. The minimum Gasteiger partial charge on any atom is -0.481 e. The van der Waals surface area contributed by atoms with Crippen molar-refractivity contribution in [2.24, 2.45) is 5.92 Å². The van der Waals surface area contributed by atoms with Gasteiger partial charge in [0, 0.05) is 32.5 Å². The Hall–Kier alpha value is -1.10. The van der Waals surface area contributed by atoms with Gasteiger partial charge in [-0.15, -0.1) is 0 Å². The molecule has 1 amide bonds. The summed E-state index contributed by atoms with van der Waals surface area (Å²) in [5, 5.41) is 11.8. The van der Waals surface area contributed by atoms with Gasteiger partial charge in [0.25, 0.3) is 0 Å². The zero-order valence-corrected chi connectivity index (χ0v) is 11.2. The quantitative estimate of drug-likeness (QED) is 0.669. The molecule has 1 atom stereocenters. The van der Waals surface area contributed by atoms with Gasteiger partial charge < -0.3 is 15.3 Å². The summed E-state index contributed by atoms with van der Waals surface area (Å²) in [7, 11) is 0. The minimum absolute atomic E-state index is 0.191. The van der Waals surface area contributed by atoms with E-state index in [1.54, 1.807) is 0 Å². The molecule has 18 heavy (non-hydrogen) atoms. The van der Waals surface area contributed by atoms with E-state index in [1.165, 1.54) is 0 Å². The van der Waals surface area contributed by atoms with Crippen LogP contribution < -0.4 is 5.32 Å². The number of hydrogen-bond donors (Lipinski definition) is 2. The normalized spacial score (nSPS) is 19.8. The van der Waals surface area contributed by atoms with Gasteiger partial charge in [-0.25, -0.2) is 0 Å². The van der Waals surface area contributed by atoms with Crippen molar-refractivity contribution in [3.05, 3.63) is 0 Å². The molecule has 1 fully saturated rings. The molecule has 1 rings (SSSR count). The van der Waals surface area contributed by atoms with Crippen molar-refractivity contribution in [3.8, 4) is 0 Å². The number of nitrogens with one attached hydrogen (secondary N) is 1. The molecule has 0 spiro atoms. The van der Waals surface area contributed by atoms with Crippen molar-refractivity contribution in [1.82, 2.24) is 10.2 Å². The molecule has 1 saturated heterocycles. The van der Waals surface area contributed by atoms with E-state index >= 15 is 0 Å². The highest BCUT2D eigenvalue weighted by Gasteiger charge is 2.23. The Bertz CT molecular complexity index is 281. The topological polar surface area (TPSA) is 69.6 Å². The molecular formula is C13H24N2O3. The van der Waals surface area contributed by atoms with Gasteiger partial charge >= 0.3 is 5.97 Å². The second-order valence-corrected chi connectivity index (χ2v) is 4.88. The highest BCUT2D eigenvalue weighted by Crippen LogP contribution is 2.21. The average Bonchev–Trinajstić information content (AvgIpc) is 2.37. The fourth-order valence-electron chi connectivity index (χ4n) is 2.39. The number of rotatable bonds is 7. The summed E-state index contributed by atoms with van der Waals surface area (Å²) in [6.07, 6.45) is 3.48. The predicted molar refractivity (Wildman–Crippen MR) is 69.3 cm³/mol. The summed E-state index contributed by atoms with van der Waals surface area (Å²) >= 11 is 0. The second kappa shape index (κ2) is 8.08. The molecule has 0 aromatic carbocycles. The van der Waals surface area contributed by atoms with Crippen molar-refractivity contribution in [1.29, 1.82) is 0 Å². The van der Waals surface area contributed by atoms with Crippen molar-refractivity contribution in [2.45, 2.75) is 39.0 Å². The largest absolute Gasteiger partial charge is 0.481 e. The number of carboxylic acids is 1. The van der Waals surface area contributed by atoms with Gasteiger partial charge in [0.05, 0.1) is 0 Å². The lowest BCUT2D eigenvalue weighted by atomic mass is 9.93. The maximum atomic E-state index is 11.9. The van der Waals surface area contributed by atoms with E-state index in [2.05, 4.69) is 5.32 Å². The molecule has 5 nitrogen and oxygen atoms in total. The number of carbonyl (C=O) groups excluding carboxylic acids is 1. The van der Waals surface area contributed by atoms with E-state index < -0.39 is 5.97 Å². The third kappa shape index (κ3) is 5.49. The van der Waals surface area contributed by atoms with Crippen LogP contribution in [0.4, 0.5) is 0 Å². The number of carbonyl (C=O) groups is 2. The molecule has 1 aliphatic rings. The van der Waals surface area contributed by atoms with Crippen LogP contribution in [-0.2, 0) is 9.59 Å². The lowest BCUT2D eigenvalue weighted by Crippen LogP contribution is -2.41. The molecule has 0 aromatic heterocycles. The summed E-state index contributed by atoms with van der Waals surface area (Å²) in [6.45, 7) is 5.19. The maximum Gasteiger partial charge on any atom is 0.303 e. The van der Waals surface area contributed by atoms with E-state index in [4.69, 9.17) is 5.11 Å². The lowest BCUT2D eigenvalue weighted by Gasteiger charge is -2.32. The Balaban J connectivity index is 2.28. The van der Waals surface area contributed by atoms with Gasteiger partial charge in [0.1, 0.15) is 0 Å². The van der Waals surface area contributed by atoms with Crippen LogP contribution in [0, 0.1) is 5.92 Å². The number of amides is 1. The number of likely N-dealkylation sites (tertiary alicyclic amines) is 1. The Morgan fingerprint density at radius 2 is 2.17 bits per heavy atom. The zero-order chi connectivity index (χ0) is 13.4. The third-order valence-electron chi connectivity index (χ3n) is 3.40. The van der Waals surface area contributed by atoms with Crippen LogP contribution in [0.3, 0.4) is 0 Å². The number of nitrogens with zero attached hydrogens (tertiary/aromatic N) is 1. The Kier molecular flexibility index (Phi) is 6.72. The number of aliphatic carboxylic acids is 1. The molecule has 5 heteroatoms. The van der Waals surface area contributed by atoms with Crippen LogP contribution in [0.5, 0.6) is 0 Å². The van der Waals surface area contributed by atoms with Crippen LogP contribution in [0.2, 0.25) is 0 Å². The molecular weight excluding hydrogens is 232 g/mol. The SMILES string of the molecule is CCNCCC(=O)N1CCCC(CCC(=O)O)C1. The molecule has 1 heterocycles. The van der Waals surface area contributed by atoms with Crippen LogP contribution in [0.15, 0.2) is 0 Å². The molecule has 0 bridgehead atoms. The second-order valence-electron chi connectivity index (χ2n) is 4.88. The van der Waals surface area contributed by atoms with E-state index in [-0.39, 0.29) is 12.3 Å². The van der Waals surface area contributed by atoms with Crippen LogP contribution in [0.1, 0.15) is 39.0 Å². The van der Waals surface area contributed by atoms with Crippen molar-refractivity contribution in [3.63, 3.8) is 0 Å². The van der Waals surface area contributed by atoms with Gasteiger partial charge in [0.15, 0.2) is 0 Å².